The number of benzene rings is 2. The fraction of sp³-hybridized carbons (Fsp3) is 0.182. The fourth-order valence-corrected chi connectivity index (χ4v) is 3.67. The standard InChI is InChI=1S/C22H17N7O5/c1-31-15-4-2-3-13(7-15)9-29-21-19(25-27-29)22(30)28(11-23-21)10-18-24-20(26-34-18)14-5-6-16-17(8-14)33-12-32-16/h2-8,11H,9-10,12H2,1H3. The van der Waals surface area contributed by atoms with Crippen molar-refractivity contribution in [2.75, 3.05) is 13.9 Å². The van der Waals surface area contributed by atoms with E-state index in [1.165, 1.54) is 10.9 Å². The highest BCUT2D eigenvalue weighted by atomic mass is 16.7. The summed E-state index contributed by atoms with van der Waals surface area (Å²) in [6.07, 6.45) is 1.42. The van der Waals surface area contributed by atoms with Crippen LogP contribution in [0.25, 0.3) is 22.6 Å². The third kappa shape index (κ3) is 3.50. The summed E-state index contributed by atoms with van der Waals surface area (Å²) in [6, 6.07) is 12.9. The first kappa shape index (κ1) is 19.9. The van der Waals surface area contributed by atoms with Crippen LogP contribution in [0.3, 0.4) is 0 Å². The Hall–Kier alpha value is -4.74. The number of fused-ring (bicyclic) bond motifs is 2. The van der Waals surface area contributed by atoms with Gasteiger partial charge in [-0.3, -0.25) is 9.36 Å². The molecule has 4 heterocycles. The SMILES string of the molecule is COc1cccc(Cn2nnc3c(=O)n(Cc4nc(-c5ccc6c(c5)OCO6)no4)cnc32)c1. The Kier molecular flexibility index (Phi) is 4.68. The van der Waals surface area contributed by atoms with Crippen LogP contribution in [0.5, 0.6) is 17.2 Å². The van der Waals surface area contributed by atoms with Crippen LogP contribution in [0, 0.1) is 0 Å². The number of methoxy groups -OCH3 is 1. The number of hydrogen-bond acceptors (Lipinski definition) is 10. The monoisotopic (exact) mass is 459 g/mol. The second-order valence-corrected chi connectivity index (χ2v) is 7.53. The zero-order chi connectivity index (χ0) is 23.1. The van der Waals surface area contributed by atoms with Crippen LogP contribution in [-0.2, 0) is 13.1 Å². The molecule has 6 rings (SSSR count). The molecular weight excluding hydrogens is 442 g/mol. The molecule has 0 N–H and O–H groups in total. The van der Waals surface area contributed by atoms with Gasteiger partial charge in [-0.25, -0.2) is 9.67 Å². The average molecular weight is 459 g/mol. The van der Waals surface area contributed by atoms with Crippen LogP contribution in [0.4, 0.5) is 0 Å². The van der Waals surface area contributed by atoms with E-state index in [9.17, 15) is 4.79 Å². The van der Waals surface area contributed by atoms with Crippen molar-refractivity contribution in [1.82, 2.24) is 34.7 Å². The maximum absolute atomic E-state index is 13.0. The van der Waals surface area contributed by atoms with E-state index in [1.54, 1.807) is 23.9 Å². The molecule has 3 aromatic heterocycles. The molecule has 5 aromatic rings. The summed E-state index contributed by atoms with van der Waals surface area (Å²) in [7, 11) is 1.61. The van der Waals surface area contributed by atoms with Gasteiger partial charge < -0.3 is 18.7 Å². The largest absolute Gasteiger partial charge is 0.497 e. The van der Waals surface area contributed by atoms with E-state index in [2.05, 4.69) is 25.4 Å². The van der Waals surface area contributed by atoms with Gasteiger partial charge >= 0.3 is 0 Å². The predicted octanol–water partition coefficient (Wildman–Crippen LogP) is 1.87. The molecule has 12 nitrogen and oxygen atoms in total. The first-order valence-electron chi connectivity index (χ1n) is 10.3. The lowest BCUT2D eigenvalue weighted by Gasteiger charge is -2.05. The summed E-state index contributed by atoms with van der Waals surface area (Å²) >= 11 is 0. The van der Waals surface area contributed by atoms with E-state index in [1.807, 2.05) is 30.3 Å². The molecule has 34 heavy (non-hydrogen) atoms. The number of nitrogens with zero attached hydrogens (tertiary/aromatic N) is 7. The van der Waals surface area contributed by atoms with Crippen LogP contribution >= 0.6 is 0 Å². The maximum Gasteiger partial charge on any atom is 0.283 e. The fourth-order valence-electron chi connectivity index (χ4n) is 3.67. The van der Waals surface area contributed by atoms with Crippen LogP contribution < -0.4 is 19.8 Å². The minimum Gasteiger partial charge on any atom is -0.497 e. The Morgan fingerprint density at radius 1 is 1.09 bits per heavy atom. The first-order chi connectivity index (χ1) is 16.7. The molecule has 1 aliphatic rings. The van der Waals surface area contributed by atoms with Crippen molar-refractivity contribution in [3.05, 3.63) is 70.6 Å². The number of hydrogen-bond donors (Lipinski definition) is 0. The smallest absolute Gasteiger partial charge is 0.283 e. The zero-order valence-corrected chi connectivity index (χ0v) is 17.9. The number of rotatable bonds is 6. The van der Waals surface area contributed by atoms with Crippen LogP contribution in [0.15, 0.2) is 58.1 Å². The summed E-state index contributed by atoms with van der Waals surface area (Å²) in [5.74, 6) is 2.64. The molecule has 0 amide bonds. The molecule has 0 spiro atoms. The Bertz CT molecular complexity index is 1570. The lowest BCUT2D eigenvalue weighted by atomic mass is 10.2. The van der Waals surface area contributed by atoms with E-state index in [0.717, 1.165) is 11.3 Å². The molecular formula is C22H17N7O5. The van der Waals surface area contributed by atoms with Gasteiger partial charge in [0.25, 0.3) is 5.56 Å². The summed E-state index contributed by atoms with van der Waals surface area (Å²) in [4.78, 5) is 21.7. The second kappa shape index (κ2) is 7.99. The molecule has 0 bridgehead atoms. The normalized spacial score (nSPS) is 12.4. The Morgan fingerprint density at radius 3 is 2.91 bits per heavy atom. The van der Waals surface area contributed by atoms with Crippen molar-refractivity contribution in [2.24, 2.45) is 0 Å². The highest BCUT2D eigenvalue weighted by molar-refractivity contribution is 5.68. The van der Waals surface area contributed by atoms with Gasteiger partial charge in [0.2, 0.25) is 18.5 Å². The maximum atomic E-state index is 13.0. The van der Waals surface area contributed by atoms with Gasteiger partial charge in [-0.2, -0.15) is 4.98 Å². The summed E-state index contributed by atoms with van der Waals surface area (Å²) in [5, 5.41) is 12.1. The Morgan fingerprint density at radius 2 is 2.00 bits per heavy atom. The molecule has 0 atom stereocenters. The molecule has 0 unspecified atom stereocenters. The van der Waals surface area contributed by atoms with Gasteiger partial charge in [-0.1, -0.05) is 22.5 Å². The van der Waals surface area contributed by atoms with Gasteiger partial charge in [0.1, 0.15) is 18.6 Å². The van der Waals surface area contributed by atoms with Gasteiger partial charge in [0.05, 0.1) is 13.7 Å². The summed E-state index contributed by atoms with van der Waals surface area (Å²) in [5.41, 5.74) is 1.83. The van der Waals surface area contributed by atoms with Gasteiger partial charge in [0.15, 0.2) is 22.7 Å². The van der Waals surface area contributed by atoms with E-state index in [0.29, 0.717) is 35.1 Å². The topological polar surface area (TPSA) is 132 Å². The third-order valence-electron chi connectivity index (χ3n) is 5.36. The van der Waals surface area contributed by atoms with Crippen molar-refractivity contribution in [2.45, 2.75) is 13.1 Å². The summed E-state index contributed by atoms with van der Waals surface area (Å²) < 4.78 is 24.2. The summed E-state index contributed by atoms with van der Waals surface area (Å²) in [6.45, 7) is 0.619. The van der Waals surface area contributed by atoms with Crippen LogP contribution in [-0.4, -0.2) is 48.6 Å². The van der Waals surface area contributed by atoms with Crippen molar-refractivity contribution >= 4 is 11.2 Å². The van der Waals surface area contributed by atoms with E-state index in [4.69, 9.17) is 18.7 Å². The lowest BCUT2D eigenvalue weighted by molar-refractivity contribution is 0.174. The minimum atomic E-state index is -0.357. The van der Waals surface area contributed by atoms with Crippen LogP contribution in [0.2, 0.25) is 0 Å². The molecule has 1 aliphatic heterocycles. The highest BCUT2D eigenvalue weighted by Gasteiger charge is 2.18. The van der Waals surface area contributed by atoms with Gasteiger partial charge in [-0.05, 0) is 35.9 Å². The number of ether oxygens (including phenoxy) is 3. The van der Waals surface area contributed by atoms with E-state index < -0.39 is 0 Å². The van der Waals surface area contributed by atoms with Gasteiger partial charge in [-0.15, -0.1) is 5.10 Å². The molecule has 0 saturated heterocycles. The van der Waals surface area contributed by atoms with Crippen molar-refractivity contribution in [3.8, 4) is 28.6 Å². The molecule has 0 saturated carbocycles. The lowest BCUT2D eigenvalue weighted by Crippen LogP contribution is -2.21. The second-order valence-electron chi connectivity index (χ2n) is 7.53. The molecule has 170 valence electrons. The molecule has 0 fully saturated rings. The van der Waals surface area contributed by atoms with Crippen molar-refractivity contribution in [1.29, 1.82) is 0 Å². The third-order valence-corrected chi connectivity index (χ3v) is 5.36. The van der Waals surface area contributed by atoms with E-state index >= 15 is 0 Å². The molecule has 12 heteroatoms. The first-order valence-corrected chi connectivity index (χ1v) is 10.3. The highest BCUT2D eigenvalue weighted by Crippen LogP contribution is 2.35. The van der Waals surface area contributed by atoms with Crippen molar-refractivity contribution in [3.63, 3.8) is 0 Å². The number of aromatic nitrogens is 7. The zero-order valence-electron chi connectivity index (χ0n) is 17.9. The molecule has 0 aliphatic carbocycles. The molecule has 2 aromatic carbocycles. The minimum absolute atomic E-state index is 0.0437. The quantitative estimate of drug-likeness (QED) is 0.371. The predicted molar refractivity (Wildman–Crippen MR) is 117 cm³/mol. The van der Waals surface area contributed by atoms with E-state index in [-0.39, 0.29) is 30.3 Å². The van der Waals surface area contributed by atoms with Crippen molar-refractivity contribution < 1.29 is 18.7 Å². The Balaban J connectivity index is 1.25. The van der Waals surface area contributed by atoms with Gasteiger partial charge in [0, 0.05) is 5.56 Å². The average Bonchev–Trinajstić information content (AvgIpc) is 3.61. The van der Waals surface area contributed by atoms with Crippen LogP contribution in [0.1, 0.15) is 11.5 Å². The Labute approximate surface area is 191 Å². The molecule has 0 radical (unpaired) electrons.